The van der Waals surface area contributed by atoms with E-state index >= 15 is 0 Å². The summed E-state index contributed by atoms with van der Waals surface area (Å²) in [6.07, 6.45) is 1.04. The predicted octanol–water partition coefficient (Wildman–Crippen LogP) is 3.71. The van der Waals surface area contributed by atoms with Crippen molar-refractivity contribution in [3.05, 3.63) is 75.3 Å². The quantitative estimate of drug-likeness (QED) is 0.636. The van der Waals surface area contributed by atoms with E-state index in [9.17, 15) is 10.1 Å². The first-order valence-electron chi connectivity index (χ1n) is 7.20. The van der Waals surface area contributed by atoms with Gasteiger partial charge in [0.2, 0.25) is 0 Å². The number of hydrogen-bond acceptors (Lipinski definition) is 3. The number of fused-ring (bicyclic) bond motifs is 1. The van der Waals surface area contributed by atoms with E-state index in [4.69, 9.17) is 0 Å². The van der Waals surface area contributed by atoms with Crippen LogP contribution in [0.25, 0.3) is 0 Å². The third-order valence-electron chi connectivity index (χ3n) is 4.27. The Morgan fingerprint density at radius 2 is 1.90 bits per heavy atom. The topological polar surface area (TPSA) is 46.4 Å². The molecular weight excluding hydrogens is 264 g/mol. The van der Waals surface area contributed by atoms with Crippen LogP contribution in [0.1, 0.15) is 29.7 Å². The van der Waals surface area contributed by atoms with Gasteiger partial charge in [-0.05, 0) is 30.0 Å². The van der Waals surface area contributed by atoms with Crippen molar-refractivity contribution in [2.45, 2.75) is 25.9 Å². The standard InChI is InChI=1S/C17H18N2O2/c1-13(15-7-4-8-17(11-15)19(20)21)18-10-9-14-5-2-3-6-16(14)12-18/h2-8,11,13H,9-10,12H2,1H3. The van der Waals surface area contributed by atoms with Crippen molar-refractivity contribution in [1.29, 1.82) is 0 Å². The minimum absolute atomic E-state index is 0.164. The lowest BCUT2D eigenvalue weighted by molar-refractivity contribution is -0.385. The second kappa shape index (κ2) is 5.66. The molecule has 4 heteroatoms. The predicted molar refractivity (Wildman–Crippen MR) is 82.1 cm³/mol. The number of non-ortho nitro benzene ring substituents is 1. The Balaban J connectivity index is 1.82. The molecule has 108 valence electrons. The molecule has 1 heterocycles. The first-order chi connectivity index (χ1) is 10.1. The van der Waals surface area contributed by atoms with Crippen LogP contribution in [-0.4, -0.2) is 16.4 Å². The number of benzene rings is 2. The molecule has 0 spiro atoms. The molecule has 0 bridgehead atoms. The Bertz CT molecular complexity index is 669. The van der Waals surface area contributed by atoms with Gasteiger partial charge in [-0.3, -0.25) is 15.0 Å². The van der Waals surface area contributed by atoms with Crippen LogP contribution in [0.4, 0.5) is 5.69 Å². The molecule has 0 amide bonds. The van der Waals surface area contributed by atoms with Crippen molar-refractivity contribution in [3.8, 4) is 0 Å². The Hall–Kier alpha value is -2.20. The van der Waals surface area contributed by atoms with Crippen LogP contribution in [0.15, 0.2) is 48.5 Å². The number of nitro groups is 1. The molecule has 2 aromatic carbocycles. The second-order valence-corrected chi connectivity index (χ2v) is 5.52. The zero-order chi connectivity index (χ0) is 14.8. The summed E-state index contributed by atoms with van der Waals surface area (Å²) >= 11 is 0. The molecule has 0 N–H and O–H groups in total. The monoisotopic (exact) mass is 282 g/mol. The normalized spacial score (nSPS) is 16.2. The lowest BCUT2D eigenvalue weighted by Crippen LogP contribution is -2.32. The average molecular weight is 282 g/mol. The highest BCUT2D eigenvalue weighted by atomic mass is 16.6. The lowest BCUT2D eigenvalue weighted by atomic mass is 9.97. The summed E-state index contributed by atoms with van der Waals surface area (Å²) in [7, 11) is 0. The van der Waals surface area contributed by atoms with Gasteiger partial charge in [-0.1, -0.05) is 36.4 Å². The van der Waals surface area contributed by atoms with E-state index in [1.54, 1.807) is 18.2 Å². The van der Waals surface area contributed by atoms with Gasteiger partial charge < -0.3 is 0 Å². The maximum Gasteiger partial charge on any atom is 0.269 e. The minimum Gasteiger partial charge on any atom is -0.292 e. The fourth-order valence-electron chi connectivity index (χ4n) is 2.96. The molecule has 0 radical (unpaired) electrons. The SMILES string of the molecule is CC(c1cccc([N+](=O)[O-])c1)N1CCc2ccccc2C1. The number of nitrogens with zero attached hydrogens (tertiary/aromatic N) is 2. The van der Waals surface area contributed by atoms with Crippen LogP contribution < -0.4 is 0 Å². The molecular formula is C17H18N2O2. The first-order valence-corrected chi connectivity index (χ1v) is 7.20. The molecule has 0 saturated carbocycles. The van der Waals surface area contributed by atoms with Crippen molar-refractivity contribution in [2.75, 3.05) is 6.54 Å². The van der Waals surface area contributed by atoms with Crippen molar-refractivity contribution >= 4 is 5.69 Å². The Morgan fingerprint density at radius 1 is 1.14 bits per heavy atom. The summed E-state index contributed by atoms with van der Waals surface area (Å²) in [5, 5.41) is 10.9. The molecule has 4 nitrogen and oxygen atoms in total. The Labute approximate surface area is 124 Å². The molecule has 21 heavy (non-hydrogen) atoms. The highest BCUT2D eigenvalue weighted by Crippen LogP contribution is 2.29. The van der Waals surface area contributed by atoms with Crippen LogP contribution >= 0.6 is 0 Å². The maximum absolute atomic E-state index is 10.9. The summed E-state index contributed by atoms with van der Waals surface area (Å²) in [5.74, 6) is 0. The molecule has 2 aromatic rings. The third kappa shape index (κ3) is 2.81. The number of hydrogen-bond donors (Lipinski definition) is 0. The van der Waals surface area contributed by atoms with E-state index in [2.05, 4.69) is 36.1 Å². The summed E-state index contributed by atoms with van der Waals surface area (Å²) in [6.45, 7) is 4.01. The van der Waals surface area contributed by atoms with Crippen molar-refractivity contribution < 1.29 is 4.92 Å². The largest absolute Gasteiger partial charge is 0.292 e. The fourth-order valence-corrected chi connectivity index (χ4v) is 2.96. The number of rotatable bonds is 3. The molecule has 1 atom stereocenters. The zero-order valence-corrected chi connectivity index (χ0v) is 12.0. The molecule has 0 aliphatic carbocycles. The van der Waals surface area contributed by atoms with Gasteiger partial charge in [0.15, 0.2) is 0 Å². The molecule has 1 aliphatic heterocycles. The first kappa shape index (κ1) is 13.8. The van der Waals surface area contributed by atoms with Crippen molar-refractivity contribution in [3.63, 3.8) is 0 Å². The molecule has 3 rings (SSSR count). The second-order valence-electron chi connectivity index (χ2n) is 5.52. The van der Waals surface area contributed by atoms with E-state index < -0.39 is 0 Å². The summed E-state index contributed by atoms with van der Waals surface area (Å²) in [6, 6.07) is 15.6. The maximum atomic E-state index is 10.9. The third-order valence-corrected chi connectivity index (χ3v) is 4.27. The van der Waals surface area contributed by atoms with Gasteiger partial charge in [0.1, 0.15) is 0 Å². The zero-order valence-electron chi connectivity index (χ0n) is 12.0. The minimum atomic E-state index is -0.332. The van der Waals surface area contributed by atoms with Crippen LogP contribution in [0.2, 0.25) is 0 Å². The van der Waals surface area contributed by atoms with Gasteiger partial charge in [-0.15, -0.1) is 0 Å². The van der Waals surface area contributed by atoms with Gasteiger partial charge in [-0.25, -0.2) is 0 Å². The molecule has 0 saturated heterocycles. The van der Waals surface area contributed by atoms with Crippen molar-refractivity contribution in [2.24, 2.45) is 0 Å². The lowest BCUT2D eigenvalue weighted by Gasteiger charge is -2.33. The molecule has 1 aliphatic rings. The van der Waals surface area contributed by atoms with Crippen LogP contribution in [0.5, 0.6) is 0 Å². The van der Waals surface area contributed by atoms with Crippen molar-refractivity contribution in [1.82, 2.24) is 4.90 Å². The number of nitro benzene ring substituents is 1. The molecule has 1 unspecified atom stereocenters. The highest BCUT2D eigenvalue weighted by molar-refractivity contribution is 5.36. The smallest absolute Gasteiger partial charge is 0.269 e. The molecule has 0 aromatic heterocycles. The van der Waals surface area contributed by atoms with E-state index in [1.165, 1.54) is 11.1 Å². The van der Waals surface area contributed by atoms with Crippen LogP contribution in [0, 0.1) is 10.1 Å². The van der Waals surface area contributed by atoms with Gasteiger partial charge in [0, 0.05) is 31.3 Å². The van der Waals surface area contributed by atoms with E-state index in [0.717, 1.165) is 25.1 Å². The summed E-state index contributed by atoms with van der Waals surface area (Å²) in [4.78, 5) is 13.0. The Morgan fingerprint density at radius 3 is 2.67 bits per heavy atom. The summed E-state index contributed by atoms with van der Waals surface area (Å²) < 4.78 is 0. The van der Waals surface area contributed by atoms with Gasteiger partial charge in [0.05, 0.1) is 4.92 Å². The summed E-state index contributed by atoms with van der Waals surface area (Å²) in [5.41, 5.74) is 3.95. The Kier molecular flexibility index (Phi) is 3.71. The van der Waals surface area contributed by atoms with Gasteiger partial charge >= 0.3 is 0 Å². The van der Waals surface area contributed by atoms with Gasteiger partial charge in [0.25, 0.3) is 5.69 Å². The van der Waals surface area contributed by atoms with Gasteiger partial charge in [-0.2, -0.15) is 0 Å². The average Bonchev–Trinajstić information content (AvgIpc) is 2.53. The highest BCUT2D eigenvalue weighted by Gasteiger charge is 2.22. The van der Waals surface area contributed by atoms with E-state index in [-0.39, 0.29) is 16.7 Å². The van der Waals surface area contributed by atoms with Crippen LogP contribution in [0.3, 0.4) is 0 Å². The fraction of sp³-hybridized carbons (Fsp3) is 0.294. The van der Waals surface area contributed by atoms with Crippen LogP contribution in [-0.2, 0) is 13.0 Å². The van der Waals surface area contributed by atoms with E-state index in [0.29, 0.717) is 0 Å². The molecule has 0 fully saturated rings. The van der Waals surface area contributed by atoms with E-state index in [1.807, 2.05) is 6.07 Å².